The Morgan fingerprint density at radius 2 is 2.04 bits per heavy atom. The summed E-state index contributed by atoms with van der Waals surface area (Å²) in [5, 5.41) is 0.221. The minimum Gasteiger partial charge on any atom is -0.465 e. The van der Waals surface area contributed by atoms with Crippen LogP contribution in [-0.2, 0) is 11.2 Å². The Hall–Kier alpha value is -1.76. The first-order chi connectivity index (χ1) is 12.7. The predicted molar refractivity (Wildman–Crippen MR) is 108 cm³/mol. The van der Waals surface area contributed by atoms with Crippen LogP contribution in [0.1, 0.15) is 45.8 Å². The number of halogens is 1. The van der Waals surface area contributed by atoms with Crippen LogP contribution in [-0.4, -0.2) is 18.5 Å². The molecule has 0 saturated heterocycles. The van der Waals surface area contributed by atoms with Gasteiger partial charge < -0.3 is 4.74 Å². The number of esters is 1. The van der Waals surface area contributed by atoms with E-state index in [0.717, 1.165) is 37.7 Å². The number of methoxy groups -OCH3 is 1. The van der Waals surface area contributed by atoms with Crippen molar-refractivity contribution in [3.05, 3.63) is 57.8 Å². The van der Waals surface area contributed by atoms with E-state index in [2.05, 4.69) is 11.8 Å². The second-order valence-electron chi connectivity index (χ2n) is 6.65. The maximum atomic E-state index is 11.5. The number of alkyl halides is 1. The Balaban J connectivity index is 1.55. The van der Waals surface area contributed by atoms with Crippen LogP contribution < -0.4 is 0 Å². The molecule has 0 N–H and O–H groups in total. The maximum absolute atomic E-state index is 11.5. The molecule has 0 radical (unpaired) electrons. The number of thiophene rings is 1. The van der Waals surface area contributed by atoms with Crippen molar-refractivity contribution in [3.8, 4) is 11.8 Å². The highest BCUT2D eigenvalue weighted by atomic mass is 35.5. The fourth-order valence-electron chi connectivity index (χ4n) is 3.51. The van der Waals surface area contributed by atoms with Gasteiger partial charge in [-0.1, -0.05) is 30.0 Å². The van der Waals surface area contributed by atoms with Gasteiger partial charge in [0.25, 0.3) is 0 Å². The van der Waals surface area contributed by atoms with E-state index in [1.165, 1.54) is 23.3 Å². The molecule has 26 heavy (non-hydrogen) atoms. The highest BCUT2D eigenvalue weighted by molar-refractivity contribution is 7.13. The molecule has 1 aliphatic rings. The third kappa shape index (κ3) is 4.90. The van der Waals surface area contributed by atoms with Gasteiger partial charge in [0.05, 0.1) is 7.11 Å². The third-order valence-electron chi connectivity index (χ3n) is 4.92. The molecule has 2 nitrogen and oxygen atoms in total. The Morgan fingerprint density at radius 3 is 2.81 bits per heavy atom. The molecule has 0 unspecified atom stereocenters. The zero-order valence-electron chi connectivity index (χ0n) is 14.9. The van der Waals surface area contributed by atoms with Crippen LogP contribution in [0.4, 0.5) is 0 Å². The molecule has 0 aliphatic heterocycles. The molecule has 1 aliphatic carbocycles. The molecule has 1 aromatic heterocycles. The molecular weight excluding hydrogens is 364 g/mol. The molecule has 0 spiro atoms. The van der Waals surface area contributed by atoms with Crippen LogP contribution in [0.25, 0.3) is 0 Å². The topological polar surface area (TPSA) is 26.3 Å². The molecule has 1 fully saturated rings. The van der Waals surface area contributed by atoms with E-state index >= 15 is 0 Å². The number of benzene rings is 1. The third-order valence-corrected chi connectivity index (χ3v) is 6.59. The standard InChI is InChI=1S/C22H23ClO2S/c1-25-22(24)21-15-13-18(26-21)8-5-9-19-17(12-14-20(19)23)11-10-16-6-3-2-4-7-16/h2-4,6-7,13,15,17,19-20H,5,8-9,12,14H2,1H3/t17-,19+,20+/m0/s1. The van der Waals surface area contributed by atoms with Crippen LogP contribution in [0.2, 0.25) is 0 Å². The molecule has 4 heteroatoms. The summed E-state index contributed by atoms with van der Waals surface area (Å²) < 4.78 is 4.77. The SMILES string of the molecule is COC(=O)c1ccc(CCC[C@H]2[C@H](Cl)CC[C@@H]2C#Cc2ccccc2)s1. The first-order valence-electron chi connectivity index (χ1n) is 9.05. The summed E-state index contributed by atoms with van der Waals surface area (Å²) >= 11 is 8.10. The largest absolute Gasteiger partial charge is 0.465 e. The van der Waals surface area contributed by atoms with Crippen molar-refractivity contribution in [2.24, 2.45) is 11.8 Å². The first kappa shape index (κ1) is 19.0. The van der Waals surface area contributed by atoms with E-state index in [1.54, 1.807) is 0 Å². The first-order valence-corrected chi connectivity index (χ1v) is 10.3. The quantitative estimate of drug-likeness (QED) is 0.383. The minimum atomic E-state index is -0.255. The minimum absolute atomic E-state index is 0.221. The smallest absolute Gasteiger partial charge is 0.348 e. The van der Waals surface area contributed by atoms with E-state index in [9.17, 15) is 4.79 Å². The summed E-state index contributed by atoms with van der Waals surface area (Å²) in [4.78, 5) is 13.4. The Labute approximate surface area is 164 Å². The predicted octanol–water partition coefficient (Wildman–Crippen LogP) is 5.54. The highest BCUT2D eigenvalue weighted by Crippen LogP contribution is 2.38. The van der Waals surface area contributed by atoms with Gasteiger partial charge in [-0.3, -0.25) is 0 Å². The van der Waals surface area contributed by atoms with Gasteiger partial charge in [-0.25, -0.2) is 4.79 Å². The van der Waals surface area contributed by atoms with Gasteiger partial charge in [-0.15, -0.1) is 22.9 Å². The number of carbonyl (C=O) groups is 1. The molecule has 2 aromatic rings. The zero-order valence-corrected chi connectivity index (χ0v) is 16.5. The zero-order chi connectivity index (χ0) is 18.4. The van der Waals surface area contributed by atoms with Crippen LogP contribution >= 0.6 is 22.9 Å². The van der Waals surface area contributed by atoms with E-state index < -0.39 is 0 Å². The van der Waals surface area contributed by atoms with Gasteiger partial charge in [-0.2, -0.15) is 0 Å². The van der Waals surface area contributed by atoms with Crippen molar-refractivity contribution in [1.82, 2.24) is 0 Å². The van der Waals surface area contributed by atoms with Crippen LogP contribution in [0.15, 0.2) is 42.5 Å². The average Bonchev–Trinajstić information content (AvgIpc) is 3.28. The Kier molecular flexibility index (Phi) is 6.77. The summed E-state index contributed by atoms with van der Waals surface area (Å²) in [5.41, 5.74) is 1.07. The number of ether oxygens (including phenoxy) is 1. The van der Waals surface area contributed by atoms with E-state index in [1.807, 2.05) is 42.5 Å². The van der Waals surface area contributed by atoms with E-state index in [0.29, 0.717) is 16.7 Å². The molecule has 3 rings (SSSR count). The summed E-state index contributed by atoms with van der Waals surface area (Å²) in [6, 6.07) is 14.0. The van der Waals surface area contributed by atoms with Gasteiger partial charge in [0.1, 0.15) is 4.88 Å². The lowest BCUT2D eigenvalue weighted by molar-refractivity contribution is 0.0606. The van der Waals surface area contributed by atoms with Gasteiger partial charge in [0.15, 0.2) is 0 Å². The molecule has 1 saturated carbocycles. The average molecular weight is 387 g/mol. The lowest BCUT2D eigenvalue weighted by atomic mass is 9.91. The number of hydrogen-bond acceptors (Lipinski definition) is 3. The van der Waals surface area contributed by atoms with E-state index in [-0.39, 0.29) is 11.3 Å². The number of rotatable bonds is 5. The van der Waals surface area contributed by atoms with Crippen molar-refractivity contribution < 1.29 is 9.53 Å². The molecule has 0 bridgehead atoms. The van der Waals surface area contributed by atoms with Crippen LogP contribution in [0.3, 0.4) is 0 Å². The summed E-state index contributed by atoms with van der Waals surface area (Å²) in [6.07, 6.45) is 5.25. The molecule has 136 valence electrons. The van der Waals surface area contributed by atoms with Gasteiger partial charge in [0, 0.05) is 21.7 Å². The fraction of sp³-hybridized carbons (Fsp3) is 0.409. The molecule has 3 atom stereocenters. The molecule has 0 amide bonds. The maximum Gasteiger partial charge on any atom is 0.348 e. The number of hydrogen-bond donors (Lipinski definition) is 0. The van der Waals surface area contributed by atoms with Crippen molar-refractivity contribution in [3.63, 3.8) is 0 Å². The molecule has 1 aromatic carbocycles. The van der Waals surface area contributed by atoms with Crippen molar-refractivity contribution in [2.75, 3.05) is 7.11 Å². The molecule has 1 heterocycles. The second kappa shape index (κ2) is 9.26. The number of carbonyl (C=O) groups excluding carboxylic acids is 1. The summed E-state index contributed by atoms with van der Waals surface area (Å²) in [7, 11) is 1.42. The van der Waals surface area contributed by atoms with Gasteiger partial charge in [0.2, 0.25) is 0 Å². The lowest BCUT2D eigenvalue weighted by Gasteiger charge is -2.17. The van der Waals surface area contributed by atoms with Crippen LogP contribution in [0, 0.1) is 23.7 Å². The normalized spacial score (nSPS) is 21.8. The summed E-state index contributed by atoms with van der Waals surface area (Å²) in [6.45, 7) is 0. The Bertz CT molecular complexity index is 787. The van der Waals surface area contributed by atoms with E-state index in [4.69, 9.17) is 16.3 Å². The molecular formula is C22H23ClO2S. The van der Waals surface area contributed by atoms with Crippen molar-refractivity contribution in [2.45, 2.75) is 37.5 Å². The Morgan fingerprint density at radius 1 is 1.23 bits per heavy atom. The lowest BCUT2D eigenvalue weighted by Crippen LogP contribution is -2.14. The fourth-order valence-corrected chi connectivity index (χ4v) is 4.91. The number of aryl methyl sites for hydroxylation is 1. The highest BCUT2D eigenvalue weighted by Gasteiger charge is 2.33. The summed E-state index contributed by atoms with van der Waals surface area (Å²) in [5.74, 6) is 7.35. The van der Waals surface area contributed by atoms with Crippen LogP contribution in [0.5, 0.6) is 0 Å². The monoisotopic (exact) mass is 386 g/mol. The van der Waals surface area contributed by atoms with Crippen molar-refractivity contribution in [1.29, 1.82) is 0 Å². The second-order valence-corrected chi connectivity index (χ2v) is 8.38. The van der Waals surface area contributed by atoms with Crippen molar-refractivity contribution >= 4 is 28.9 Å². The van der Waals surface area contributed by atoms with Gasteiger partial charge >= 0.3 is 5.97 Å². The van der Waals surface area contributed by atoms with Gasteiger partial charge in [-0.05, 0) is 62.3 Å².